The zero-order valence-electron chi connectivity index (χ0n) is 28.3. The van der Waals surface area contributed by atoms with Gasteiger partial charge in [-0.2, -0.15) is 0 Å². The molecule has 4 aliphatic heterocycles. The molecule has 4 atom stereocenters. The van der Waals surface area contributed by atoms with Gasteiger partial charge < -0.3 is 30.4 Å². The van der Waals surface area contributed by atoms with E-state index < -0.39 is 11.6 Å². The van der Waals surface area contributed by atoms with Crippen molar-refractivity contribution in [2.75, 3.05) is 34.4 Å². The molecule has 4 aliphatic rings. The van der Waals surface area contributed by atoms with Gasteiger partial charge in [0, 0.05) is 17.9 Å². The minimum Gasteiger partial charge on any atom is -0.393 e. The number of fused-ring (bicyclic) bond motifs is 1. The molecule has 0 spiro atoms. The Bertz CT molecular complexity index is 1800. The summed E-state index contributed by atoms with van der Waals surface area (Å²) in [5, 5.41) is 9.82. The predicted octanol–water partition coefficient (Wildman–Crippen LogP) is 7.31. The summed E-state index contributed by atoms with van der Waals surface area (Å²) in [6, 6.07) is 18.2. The van der Waals surface area contributed by atoms with Crippen molar-refractivity contribution in [1.82, 2.24) is 20.6 Å². The summed E-state index contributed by atoms with van der Waals surface area (Å²) in [5.41, 5.74) is 5.59. The number of H-pyrrole nitrogens is 1. The number of nitrogens with zero attached hydrogens (tertiary/aromatic N) is 3. The molecule has 2 radical (unpaired) electrons. The number of amides is 1. The largest absolute Gasteiger partial charge is 0.393 e. The van der Waals surface area contributed by atoms with E-state index in [9.17, 15) is 4.79 Å². The van der Waals surface area contributed by atoms with Gasteiger partial charge in [0.05, 0.1) is 35.2 Å². The number of aromatic nitrogens is 2. The number of hydrogen-bond donors (Lipinski definition) is 4. The number of imidazole rings is 1. The molecule has 0 unspecified atom stereocenters. The van der Waals surface area contributed by atoms with Crippen molar-refractivity contribution in [3.05, 3.63) is 83.2 Å². The predicted molar refractivity (Wildman–Crippen MR) is 192 cm³/mol. The monoisotopic (exact) mass is 681 g/mol. The van der Waals surface area contributed by atoms with Crippen molar-refractivity contribution >= 4 is 43.7 Å². The molecule has 4 aromatic rings. The summed E-state index contributed by atoms with van der Waals surface area (Å²) in [4.78, 5) is 23.4. The first kappa shape index (κ1) is 32.4. The van der Waals surface area contributed by atoms with Gasteiger partial charge >= 0.3 is 0 Å². The number of nitrogens with one attached hydrogen (secondary N) is 4. The van der Waals surface area contributed by atoms with Crippen LogP contribution in [0.1, 0.15) is 93.9 Å². The third-order valence-corrected chi connectivity index (χ3v) is 12.9. The highest BCUT2D eigenvalue weighted by molar-refractivity contribution is 6.42. The molecule has 0 bridgehead atoms. The van der Waals surface area contributed by atoms with Crippen LogP contribution in [0.4, 0.5) is 25.8 Å². The van der Waals surface area contributed by atoms with Gasteiger partial charge in [-0.1, -0.05) is 32.0 Å². The van der Waals surface area contributed by atoms with Gasteiger partial charge in [0.25, 0.3) is 0 Å². The number of aromatic amines is 1. The number of halogens is 2. The van der Waals surface area contributed by atoms with Crippen LogP contribution in [0.5, 0.6) is 0 Å². The lowest BCUT2D eigenvalue weighted by Gasteiger charge is -2.38. The van der Waals surface area contributed by atoms with Crippen LogP contribution in [-0.2, 0) is 4.79 Å². The van der Waals surface area contributed by atoms with Crippen molar-refractivity contribution in [1.29, 1.82) is 0 Å². The highest BCUT2D eigenvalue weighted by atomic mass is 28.2. The Kier molecular flexibility index (Phi) is 8.70. The van der Waals surface area contributed by atoms with Gasteiger partial charge in [-0.15, -0.1) is 0 Å². The van der Waals surface area contributed by atoms with E-state index in [0.29, 0.717) is 21.9 Å². The Morgan fingerprint density at radius 3 is 2.31 bits per heavy atom. The van der Waals surface area contributed by atoms with Crippen LogP contribution in [0.2, 0.25) is 6.04 Å². The maximum absolute atomic E-state index is 16.1. The molecule has 4 N–H and O–H groups in total. The topological polar surface area (TPSA) is 88.3 Å². The summed E-state index contributed by atoms with van der Waals surface area (Å²) >= 11 is 0. The van der Waals surface area contributed by atoms with Crippen molar-refractivity contribution in [2.45, 2.75) is 89.0 Å². The quantitative estimate of drug-likeness (QED) is 0.153. The first-order chi connectivity index (χ1) is 23.7. The molecular weight excluding hydrogens is 637 g/mol. The molecule has 49 heavy (non-hydrogen) atoms. The summed E-state index contributed by atoms with van der Waals surface area (Å²) in [6.07, 6.45) is 6.58. The molecule has 3 aromatic carbocycles. The first-order valence-electron chi connectivity index (χ1n) is 17.9. The number of hydrogen-bond acceptors (Lipinski definition) is 6. The molecule has 11 heteroatoms. The van der Waals surface area contributed by atoms with E-state index in [0.717, 1.165) is 97.8 Å². The van der Waals surface area contributed by atoms with Gasteiger partial charge in [0.2, 0.25) is 5.91 Å². The number of carbonyl (C=O) groups excluding carboxylic acids is 1. The van der Waals surface area contributed by atoms with Crippen LogP contribution in [0, 0.1) is 17.0 Å². The lowest BCUT2D eigenvalue weighted by atomic mass is 9.91. The normalized spacial score (nSPS) is 25.4. The number of anilines is 3. The SMILES string of the molecule is CC1(C)CCN(c2c(F)cc(N3[C@H](c4ccc(NC(=O)[C@@H]5CCCN5)cc4)CC[C@H]3c3ccc4nc([C@@H]5CCCN5)[nH]c4c3)cc2F)[Si]C1. The summed E-state index contributed by atoms with van der Waals surface area (Å²) in [7, 11) is 0.348. The average molecular weight is 682 g/mol. The van der Waals surface area contributed by atoms with Crippen molar-refractivity contribution < 1.29 is 13.6 Å². The van der Waals surface area contributed by atoms with Gasteiger partial charge in [-0.25, -0.2) is 13.8 Å². The molecule has 4 fully saturated rings. The Hall–Kier alpha value is -3.80. The molecule has 8 rings (SSSR count). The van der Waals surface area contributed by atoms with Crippen molar-refractivity contribution in [2.24, 2.45) is 5.41 Å². The van der Waals surface area contributed by atoms with E-state index in [1.807, 2.05) is 28.8 Å². The van der Waals surface area contributed by atoms with Crippen molar-refractivity contribution in [3.63, 3.8) is 0 Å². The van der Waals surface area contributed by atoms with Crippen LogP contribution in [0.15, 0.2) is 54.6 Å². The smallest absolute Gasteiger partial charge is 0.241 e. The van der Waals surface area contributed by atoms with E-state index in [1.165, 1.54) is 12.1 Å². The minimum atomic E-state index is -0.511. The van der Waals surface area contributed by atoms with Gasteiger partial charge in [-0.05, 0) is 117 Å². The molecule has 4 saturated heterocycles. The van der Waals surface area contributed by atoms with E-state index in [1.54, 1.807) is 0 Å². The summed E-state index contributed by atoms with van der Waals surface area (Å²) in [6.45, 7) is 6.96. The Labute approximate surface area is 289 Å². The van der Waals surface area contributed by atoms with Gasteiger partial charge in [-0.3, -0.25) is 4.79 Å². The Morgan fingerprint density at radius 1 is 0.918 bits per heavy atom. The molecule has 8 nitrogen and oxygen atoms in total. The first-order valence-corrected chi connectivity index (χ1v) is 19.0. The Balaban J connectivity index is 1.12. The summed E-state index contributed by atoms with van der Waals surface area (Å²) < 4.78 is 34.1. The maximum atomic E-state index is 16.1. The van der Waals surface area contributed by atoms with E-state index in [-0.39, 0.29) is 41.2 Å². The highest BCUT2D eigenvalue weighted by Crippen LogP contribution is 2.48. The van der Waals surface area contributed by atoms with Gasteiger partial charge in [0.15, 0.2) is 21.3 Å². The standard InChI is InChI=1S/C38H45F2N7OSi/c1-38(2)15-18-46(49-22-38)35-27(39)20-26(21-28(35)40)47-33(23-7-10-25(11-8-23)43-37(48)31-6-4-17-42-31)13-14-34(47)24-9-12-29-32(19-24)45-36(44-29)30-5-3-16-41-30/h7-12,19-21,30-31,33-34,41-42H,3-6,13-18,22H2,1-2H3,(H,43,48)(H,44,45)/t30-,31-,33-,34-/m0/s1. The molecule has 1 amide bonds. The minimum absolute atomic E-state index is 0.0159. The van der Waals surface area contributed by atoms with E-state index in [2.05, 4.69) is 57.9 Å². The van der Waals surface area contributed by atoms with Crippen LogP contribution in [0.25, 0.3) is 11.0 Å². The fourth-order valence-electron chi connectivity index (χ4n) is 8.13. The second-order valence-electron chi connectivity index (χ2n) is 15.0. The second kappa shape index (κ2) is 13.1. The Morgan fingerprint density at radius 2 is 1.63 bits per heavy atom. The zero-order chi connectivity index (χ0) is 33.7. The lowest BCUT2D eigenvalue weighted by Crippen LogP contribution is -2.40. The third-order valence-electron chi connectivity index (χ3n) is 11.0. The molecule has 5 heterocycles. The number of rotatable bonds is 7. The third kappa shape index (κ3) is 6.48. The highest BCUT2D eigenvalue weighted by Gasteiger charge is 2.38. The van der Waals surface area contributed by atoms with E-state index >= 15 is 8.78 Å². The molecule has 256 valence electrons. The molecule has 0 aliphatic carbocycles. The fourth-order valence-corrected chi connectivity index (χ4v) is 9.57. The number of carbonyl (C=O) groups is 1. The zero-order valence-corrected chi connectivity index (χ0v) is 29.3. The van der Waals surface area contributed by atoms with E-state index in [4.69, 9.17) is 4.98 Å². The van der Waals surface area contributed by atoms with Crippen LogP contribution < -0.4 is 25.4 Å². The van der Waals surface area contributed by atoms with Crippen LogP contribution in [0.3, 0.4) is 0 Å². The maximum Gasteiger partial charge on any atom is 0.241 e. The molecular formula is C38H45F2N7OSi. The van der Waals surface area contributed by atoms with Gasteiger partial charge in [0.1, 0.15) is 11.5 Å². The van der Waals surface area contributed by atoms with Crippen LogP contribution >= 0.6 is 0 Å². The number of benzene rings is 3. The second-order valence-corrected chi connectivity index (χ2v) is 16.2. The molecule has 0 saturated carbocycles. The summed E-state index contributed by atoms with van der Waals surface area (Å²) in [5.74, 6) is -0.0770. The molecule has 1 aromatic heterocycles. The fraction of sp³-hybridized carbons (Fsp3) is 0.474. The van der Waals surface area contributed by atoms with Crippen LogP contribution in [-0.4, -0.2) is 51.2 Å². The van der Waals surface area contributed by atoms with Crippen molar-refractivity contribution in [3.8, 4) is 0 Å². The lowest BCUT2D eigenvalue weighted by molar-refractivity contribution is -0.117. The average Bonchev–Trinajstić information content (AvgIpc) is 3.92.